The van der Waals surface area contributed by atoms with Gasteiger partial charge in [0.2, 0.25) is 0 Å². The number of amides is 1. The molecule has 0 spiro atoms. The summed E-state index contributed by atoms with van der Waals surface area (Å²) in [5, 5.41) is 19.8. The number of anilines is 3. The number of hydrazine groups is 1. The van der Waals surface area contributed by atoms with Crippen molar-refractivity contribution in [3.05, 3.63) is 76.7 Å². The van der Waals surface area contributed by atoms with Crippen molar-refractivity contribution in [3.63, 3.8) is 0 Å². The Labute approximate surface area is 206 Å². The van der Waals surface area contributed by atoms with Crippen LogP contribution in [0.15, 0.2) is 48.8 Å². The summed E-state index contributed by atoms with van der Waals surface area (Å²) in [6, 6.07) is 7.65. The van der Waals surface area contributed by atoms with E-state index in [9.17, 15) is 18.0 Å². The van der Waals surface area contributed by atoms with Gasteiger partial charge in [0.05, 0.1) is 41.1 Å². The molecule has 2 aromatic carbocycles. The average molecular weight is 504 g/mol. The molecule has 7 N–H and O–H groups in total. The lowest BCUT2D eigenvalue weighted by Gasteiger charge is -2.19. The van der Waals surface area contributed by atoms with E-state index in [0.717, 1.165) is 23.4 Å². The van der Waals surface area contributed by atoms with Crippen LogP contribution in [-0.4, -0.2) is 33.9 Å². The molecule has 3 aromatic rings. The van der Waals surface area contributed by atoms with Crippen molar-refractivity contribution in [1.29, 1.82) is 0 Å². The van der Waals surface area contributed by atoms with Crippen LogP contribution in [0.4, 0.5) is 30.2 Å². The van der Waals surface area contributed by atoms with Gasteiger partial charge in [-0.25, -0.2) is 5.84 Å². The molecule has 1 aromatic heterocycles. The Bertz CT molecular complexity index is 1290. The number of hydrogen-bond acceptors (Lipinski definition) is 7. The molecule has 0 radical (unpaired) electrons. The largest absolute Gasteiger partial charge is 0.416 e. The zero-order chi connectivity index (χ0) is 26.6. The number of nitrogens with zero attached hydrogens (tertiary/aromatic N) is 3. The number of benzene rings is 2. The predicted molar refractivity (Wildman–Crippen MR) is 133 cm³/mol. The first-order chi connectivity index (χ1) is 16.9. The van der Waals surface area contributed by atoms with Crippen molar-refractivity contribution in [2.24, 2.45) is 18.6 Å². The number of aliphatic hydroxyl groups excluding tert-OH is 1. The van der Waals surface area contributed by atoms with E-state index in [0.29, 0.717) is 16.9 Å². The number of hydrogen-bond donors (Lipinski definition) is 5. The van der Waals surface area contributed by atoms with Crippen molar-refractivity contribution >= 4 is 28.7 Å². The third-order valence-corrected chi connectivity index (χ3v) is 5.60. The van der Waals surface area contributed by atoms with Gasteiger partial charge in [-0.1, -0.05) is 6.07 Å². The smallest absolute Gasteiger partial charge is 0.397 e. The van der Waals surface area contributed by atoms with Crippen LogP contribution in [0.2, 0.25) is 0 Å². The van der Waals surface area contributed by atoms with Crippen LogP contribution >= 0.6 is 0 Å². The first-order valence-electron chi connectivity index (χ1n) is 10.9. The standard InChI is InChI=1S/C24H28F3N7O2/c1-14-4-5-16(10-22(14)34(29)13-19(28)18-12-31-33(3)15(18)2)23(36)32-21-11-17(24(25,26)27)6-7-20(21)30-8-9-35/h4-7,10-13,30,35H,8-9,28-29H2,1-3H3,(H,32,36)/b19-13-. The number of rotatable bonds is 8. The summed E-state index contributed by atoms with van der Waals surface area (Å²) in [4.78, 5) is 13.0. The highest BCUT2D eigenvalue weighted by molar-refractivity contribution is 6.06. The molecule has 0 aliphatic heterocycles. The molecule has 1 amide bonds. The summed E-state index contributed by atoms with van der Waals surface area (Å²) in [6.45, 7) is 3.50. The number of aryl methyl sites for hydroxylation is 2. The fourth-order valence-electron chi connectivity index (χ4n) is 3.46. The zero-order valence-corrected chi connectivity index (χ0v) is 20.0. The van der Waals surface area contributed by atoms with Crippen LogP contribution in [-0.2, 0) is 13.2 Å². The van der Waals surface area contributed by atoms with Gasteiger partial charge in [0.15, 0.2) is 0 Å². The Kier molecular flexibility index (Phi) is 7.90. The van der Waals surface area contributed by atoms with Gasteiger partial charge in [-0.15, -0.1) is 0 Å². The molecule has 192 valence electrons. The van der Waals surface area contributed by atoms with Crippen LogP contribution in [0.1, 0.15) is 32.7 Å². The van der Waals surface area contributed by atoms with Crippen molar-refractivity contribution in [2.45, 2.75) is 20.0 Å². The van der Waals surface area contributed by atoms with Crippen LogP contribution < -0.4 is 27.2 Å². The second-order valence-corrected chi connectivity index (χ2v) is 8.12. The molecule has 12 heteroatoms. The number of halogens is 3. The number of aromatic nitrogens is 2. The summed E-state index contributed by atoms with van der Waals surface area (Å²) < 4.78 is 41.4. The van der Waals surface area contributed by atoms with Crippen LogP contribution in [0.25, 0.3) is 5.70 Å². The summed E-state index contributed by atoms with van der Waals surface area (Å²) >= 11 is 0. The summed E-state index contributed by atoms with van der Waals surface area (Å²) in [5.41, 5.74) is 8.71. The lowest BCUT2D eigenvalue weighted by molar-refractivity contribution is -0.137. The van der Waals surface area contributed by atoms with E-state index in [4.69, 9.17) is 16.7 Å². The third-order valence-electron chi connectivity index (χ3n) is 5.60. The van der Waals surface area contributed by atoms with Crippen molar-refractivity contribution in [1.82, 2.24) is 9.78 Å². The lowest BCUT2D eigenvalue weighted by Crippen LogP contribution is -2.27. The average Bonchev–Trinajstić information content (AvgIpc) is 3.15. The van der Waals surface area contributed by atoms with Crippen LogP contribution in [0, 0.1) is 13.8 Å². The first-order valence-corrected chi connectivity index (χ1v) is 10.9. The second-order valence-electron chi connectivity index (χ2n) is 8.12. The molecular formula is C24H28F3N7O2. The summed E-state index contributed by atoms with van der Waals surface area (Å²) in [7, 11) is 1.79. The third kappa shape index (κ3) is 5.96. The Balaban J connectivity index is 1.90. The lowest BCUT2D eigenvalue weighted by atomic mass is 10.1. The molecule has 3 rings (SSSR count). The van der Waals surface area contributed by atoms with E-state index < -0.39 is 17.6 Å². The SMILES string of the molecule is Cc1ccc(C(=O)Nc2cc(C(F)(F)F)ccc2NCCO)cc1N(N)/C=C(\N)c1cnn(C)c1C. The molecule has 9 nitrogen and oxygen atoms in total. The van der Waals surface area contributed by atoms with Gasteiger partial charge in [0, 0.05) is 36.6 Å². The van der Waals surface area contributed by atoms with Crippen LogP contribution in [0.5, 0.6) is 0 Å². The van der Waals surface area contributed by atoms with E-state index >= 15 is 0 Å². The normalized spacial score (nSPS) is 11.9. The van der Waals surface area contributed by atoms with E-state index in [1.807, 2.05) is 6.92 Å². The highest BCUT2D eigenvalue weighted by Gasteiger charge is 2.31. The molecular weight excluding hydrogens is 475 g/mol. The number of alkyl halides is 3. The maximum Gasteiger partial charge on any atom is 0.416 e. The second kappa shape index (κ2) is 10.7. The van der Waals surface area contributed by atoms with Gasteiger partial charge in [0.1, 0.15) is 0 Å². The molecule has 0 bridgehead atoms. The molecule has 0 saturated heterocycles. The van der Waals surface area contributed by atoms with Crippen molar-refractivity contribution in [3.8, 4) is 0 Å². The highest BCUT2D eigenvalue weighted by Crippen LogP contribution is 2.34. The van der Waals surface area contributed by atoms with Gasteiger partial charge in [-0.05, 0) is 49.7 Å². The molecule has 36 heavy (non-hydrogen) atoms. The quantitative estimate of drug-likeness (QED) is 0.235. The molecule has 0 fully saturated rings. The number of carbonyl (C=O) groups is 1. The molecule has 0 unspecified atom stereocenters. The number of aliphatic hydroxyl groups is 1. The fourth-order valence-corrected chi connectivity index (χ4v) is 3.46. The Morgan fingerprint density at radius 2 is 1.92 bits per heavy atom. The number of nitrogens with one attached hydrogen (secondary N) is 2. The number of nitrogens with two attached hydrogens (primary N) is 2. The molecule has 1 heterocycles. The summed E-state index contributed by atoms with van der Waals surface area (Å²) in [6.07, 6.45) is -1.48. The molecule has 0 aliphatic carbocycles. The molecule has 0 saturated carbocycles. The van der Waals surface area contributed by atoms with Gasteiger partial charge >= 0.3 is 6.18 Å². The van der Waals surface area contributed by atoms with Crippen molar-refractivity contribution < 1.29 is 23.1 Å². The highest BCUT2D eigenvalue weighted by atomic mass is 19.4. The zero-order valence-electron chi connectivity index (χ0n) is 20.0. The van der Waals surface area contributed by atoms with Gasteiger partial charge in [-0.3, -0.25) is 14.5 Å². The van der Waals surface area contributed by atoms with Crippen molar-refractivity contribution in [2.75, 3.05) is 28.8 Å². The van der Waals surface area contributed by atoms with E-state index in [1.54, 1.807) is 30.9 Å². The first kappa shape index (κ1) is 26.6. The van der Waals surface area contributed by atoms with Gasteiger partial charge in [-0.2, -0.15) is 18.3 Å². The minimum atomic E-state index is -4.59. The summed E-state index contributed by atoms with van der Waals surface area (Å²) in [5.74, 6) is 5.58. The van der Waals surface area contributed by atoms with E-state index in [2.05, 4.69) is 15.7 Å². The fraction of sp³-hybridized carbons (Fsp3) is 0.250. The van der Waals surface area contributed by atoms with E-state index in [1.165, 1.54) is 29.4 Å². The topological polar surface area (TPSA) is 134 Å². The molecule has 0 aliphatic rings. The maximum atomic E-state index is 13.2. The predicted octanol–water partition coefficient (Wildman–Crippen LogP) is 3.35. The van der Waals surface area contributed by atoms with Gasteiger partial charge < -0.3 is 21.5 Å². The van der Waals surface area contributed by atoms with Gasteiger partial charge in [0.25, 0.3) is 5.91 Å². The number of carbonyl (C=O) groups excluding carboxylic acids is 1. The Morgan fingerprint density at radius 1 is 1.19 bits per heavy atom. The van der Waals surface area contributed by atoms with Crippen LogP contribution in [0.3, 0.4) is 0 Å². The van der Waals surface area contributed by atoms with E-state index in [-0.39, 0.29) is 30.1 Å². The Morgan fingerprint density at radius 3 is 2.53 bits per heavy atom. The maximum absolute atomic E-state index is 13.2. The monoisotopic (exact) mass is 503 g/mol. The minimum absolute atomic E-state index is 0.0776. The minimum Gasteiger partial charge on any atom is -0.397 e. The molecule has 0 atom stereocenters. The Hall–Kier alpha value is -4.03.